The quantitative estimate of drug-likeness (QED) is 0.0372. The Labute approximate surface area is 304 Å². The minimum atomic E-state index is -1.27. The van der Waals surface area contributed by atoms with E-state index < -0.39 is 24.0 Å². The molecule has 0 bridgehead atoms. The van der Waals surface area contributed by atoms with Crippen LogP contribution in [-0.2, 0) is 30.3 Å². The SMILES string of the molecule is CCOc1nc2cccc(C(=O)OC(C)OC(=O)OCCOCCON[N+](=O)NC(C)(C)C)c2n1Cc1ccc(-c2ccccc2-c2nn[nH]n2)cc1. The van der Waals surface area contributed by atoms with E-state index in [0.717, 1.165) is 22.3 Å². The van der Waals surface area contributed by atoms with Crippen molar-refractivity contribution in [1.82, 2.24) is 41.2 Å². The van der Waals surface area contributed by atoms with Crippen LogP contribution >= 0.6 is 0 Å². The maximum Gasteiger partial charge on any atom is 0.511 e. The van der Waals surface area contributed by atoms with Crippen LogP contribution in [0.1, 0.15) is 50.5 Å². The average molecular weight is 733 g/mol. The molecule has 3 aromatic carbocycles. The van der Waals surface area contributed by atoms with Crippen LogP contribution in [0.4, 0.5) is 4.79 Å². The van der Waals surface area contributed by atoms with Gasteiger partial charge in [-0.3, -0.25) is 4.57 Å². The maximum absolute atomic E-state index is 13.4. The molecule has 3 N–H and O–H groups in total. The fourth-order valence-electron chi connectivity index (χ4n) is 5.12. The third-order valence-corrected chi connectivity index (χ3v) is 7.24. The molecular weight excluding hydrogens is 690 g/mol. The summed E-state index contributed by atoms with van der Waals surface area (Å²) in [6.07, 6.45) is -2.32. The van der Waals surface area contributed by atoms with Gasteiger partial charge in [-0.25, -0.2) is 14.4 Å². The van der Waals surface area contributed by atoms with Crippen molar-refractivity contribution in [3.63, 3.8) is 0 Å². The number of esters is 1. The van der Waals surface area contributed by atoms with Crippen LogP contribution in [0, 0.1) is 4.91 Å². The number of nitrogens with zero attached hydrogens (tertiary/aromatic N) is 6. The van der Waals surface area contributed by atoms with Crippen molar-refractivity contribution in [2.75, 3.05) is 33.0 Å². The van der Waals surface area contributed by atoms with Crippen molar-refractivity contribution < 1.29 is 43.1 Å². The molecule has 18 heteroatoms. The predicted molar refractivity (Wildman–Crippen MR) is 189 cm³/mol. The van der Waals surface area contributed by atoms with Crippen molar-refractivity contribution >= 4 is 23.2 Å². The highest BCUT2D eigenvalue weighted by atomic mass is 16.8. The Morgan fingerprint density at radius 2 is 1.70 bits per heavy atom. The number of fused-ring (bicyclic) bond motifs is 1. The highest BCUT2D eigenvalue weighted by Crippen LogP contribution is 2.31. The van der Waals surface area contributed by atoms with Gasteiger partial charge in [0.25, 0.3) is 11.0 Å². The Balaban J connectivity index is 1.17. The molecule has 0 amide bonds. The molecule has 1 atom stereocenters. The largest absolute Gasteiger partial charge is 0.511 e. The predicted octanol–water partition coefficient (Wildman–Crippen LogP) is 4.52. The molecule has 0 fully saturated rings. The number of imidazole rings is 1. The first-order valence-corrected chi connectivity index (χ1v) is 16.8. The minimum absolute atomic E-state index is 0.0401. The summed E-state index contributed by atoms with van der Waals surface area (Å²) in [5, 5.41) is 14.4. The monoisotopic (exact) mass is 732 g/mol. The third kappa shape index (κ3) is 10.7. The number of nitroso groups, excluding NO2 is 1. The second-order valence-corrected chi connectivity index (χ2v) is 12.5. The number of nitrogens with one attached hydrogen (secondary N) is 3. The molecule has 53 heavy (non-hydrogen) atoms. The topological polar surface area (TPSA) is 206 Å². The number of carbonyl (C=O) groups is 2. The summed E-state index contributed by atoms with van der Waals surface area (Å²) in [5.41, 5.74) is 9.20. The number of carbonyl (C=O) groups excluding carboxylic acids is 2. The maximum atomic E-state index is 13.4. The zero-order valence-corrected chi connectivity index (χ0v) is 30.0. The van der Waals surface area contributed by atoms with Crippen molar-refractivity contribution in [3.8, 4) is 28.5 Å². The second-order valence-electron chi connectivity index (χ2n) is 12.5. The van der Waals surface area contributed by atoms with E-state index in [1.54, 1.807) is 22.8 Å². The summed E-state index contributed by atoms with van der Waals surface area (Å²) < 4.78 is 28.6. The minimum Gasteiger partial charge on any atom is -0.465 e. The van der Waals surface area contributed by atoms with Crippen molar-refractivity contribution in [2.45, 2.75) is 53.0 Å². The van der Waals surface area contributed by atoms with Gasteiger partial charge in [0.2, 0.25) is 12.1 Å². The Morgan fingerprint density at radius 3 is 2.42 bits per heavy atom. The van der Waals surface area contributed by atoms with Crippen LogP contribution in [0.5, 0.6) is 6.01 Å². The molecule has 1 unspecified atom stereocenters. The number of hydrogen-bond acceptors (Lipinski definition) is 13. The van der Waals surface area contributed by atoms with Gasteiger partial charge < -0.3 is 23.7 Å². The van der Waals surface area contributed by atoms with E-state index in [-0.39, 0.29) is 32.0 Å². The van der Waals surface area contributed by atoms with Crippen molar-refractivity contribution in [3.05, 3.63) is 82.8 Å². The van der Waals surface area contributed by atoms with E-state index in [2.05, 4.69) is 36.6 Å². The Hall–Kier alpha value is -6.14. The number of benzene rings is 3. The highest BCUT2D eigenvalue weighted by Gasteiger charge is 2.24. The molecule has 0 spiro atoms. The highest BCUT2D eigenvalue weighted by molar-refractivity contribution is 6.02. The summed E-state index contributed by atoms with van der Waals surface area (Å²) in [4.78, 5) is 47.2. The number of hydrogen-bond donors (Lipinski definition) is 3. The molecule has 5 aromatic rings. The molecule has 280 valence electrons. The van der Waals surface area contributed by atoms with Crippen LogP contribution in [-0.4, -0.2) is 92.1 Å². The summed E-state index contributed by atoms with van der Waals surface area (Å²) in [5.74, 6) is -0.243. The van der Waals surface area contributed by atoms with Gasteiger partial charge in [0, 0.05) is 18.1 Å². The summed E-state index contributed by atoms with van der Waals surface area (Å²) in [6, 6.07) is 21.1. The lowest BCUT2D eigenvalue weighted by Gasteiger charge is -2.15. The molecule has 0 saturated heterocycles. The first-order chi connectivity index (χ1) is 25.5. The number of hydrazine groups is 2. The lowest BCUT2D eigenvalue weighted by atomic mass is 9.98. The summed E-state index contributed by atoms with van der Waals surface area (Å²) >= 11 is 0. The zero-order chi connectivity index (χ0) is 37.8. The molecular formula is C35H42N9O9+. The van der Waals surface area contributed by atoms with E-state index in [0.29, 0.717) is 41.0 Å². The first-order valence-electron chi connectivity index (χ1n) is 16.8. The Bertz CT molecular complexity index is 1980. The van der Waals surface area contributed by atoms with Gasteiger partial charge in [-0.2, -0.15) is 10.2 Å². The van der Waals surface area contributed by atoms with Gasteiger partial charge in [0.15, 0.2) is 0 Å². The Morgan fingerprint density at radius 1 is 0.943 bits per heavy atom. The van der Waals surface area contributed by atoms with E-state index in [4.69, 9.17) is 28.5 Å². The van der Waals surface area contributed by atoms with Gasteiger partial charge in [-0.05, 0) is 61.7 Å². The number of aromatic amines is 1. The molecule has 2 heterocycles. The van der Waals surface area contributed by atoms with Crippen LogP contribution < -0.4 is 15.8 Å². The van der Waals surface area contributed by atoms with Crippen molar-refractivity contribution in [2.24, 2.45) is 0 Å². The van der Waals surface area contributed by atoms with E-state index in [1.165, 1.54) is 6.92 Å². The number of ether oxygens (including phenoxy) is 5. The summed E-state index contributed by atoms with van der Waals surface area (Å²) in [7, 11) is 0. The standard InChI is InChI=1S/C35H42N9O9/c1-6-49-33-36-29-13-9-12-28(32(45)52-23(2)53-34(46)50-20-18-48-19-21-51-42-44(47)39-35(3,4)5)30(29)43(33)22-24-14-16-25(17-15-24)26-10-7-8-11-27(26)31-37-40-41-38-31/h7-17,23H,6,18-22H2,1-5H3,(H2,39,42,47)(H,37,38,40,41)/q+1. The number of aromatic nitrogens is 6. The van der Waals surface area contributed by atoms with Crippen molar-refractivity contribution in [1.29, 1.82) is 0 Å². The molecule has 0 aliphatic carbocycles. The molecule has 18 nitrogen and oxygen atoms in total. The van der Waals surface area contributed by atoms with Gasteiger partial charge in [-0.15, -0.1) is 15.6 Å². The van der Waals surface area contributed by atoms with E-state index >= 15 is 0 Å². The lowest BCUT2D eigenvalue weighted by Crippen LogP contribution is -2.48. The zero-order valence-electron chi connectivity index (χ0n) is 30.0. The van der Waals surface area contributed by atoms with Gasteiger partial charge in [-0.1, -0.05) is 54.6 Å². The number of para-hydroxylation sites is 1. The molecule has 0 aliphatic rings. The smallest absolute Gasteiger partial charge is 0.465 e. The van der Waals surface area contributed by atoms with Gasteiger partial charge >= 0.3 is 12.1 Å². The van der Waals surface area contributed by atoms with Gasteiger partial charge in [0.1, 0.15) is 13.2 Å². The number of rotatable bonds is 18. The van der Waals surface area contributed by atoms with Crippen LogP contribution in [0.2, 0.25) is 0 Å². The Kier molecular flexibility index (Phi) is 12.8. The van der Waals surface area contributed by atoms with Gasteiger partial charge in [0.05, 0.1) is 53.4 Å². The molecule has 0 aliphatic heterocycles. The molecule has 0 saturated carbocycles. The molecule has 2 aromatic heterocycles. The lowest BCUT2D eigenvalue weighted by molar-refractivity contribution is -0.715. The third-order valence-electron chi connectivity index (χ3n) is 7.24. The van der Waals surface area contributed by atoms with Crippen LogP contribution in [0.3, 0.4) is 0 Å². The van der Waals surface area contributed by atoms with E-state index in [1.807, 2.05) is 76.2 Å². The summed E-state index contributed by atoms with van der Waals surface area (Å²) in [6.45, 7) is 9.48. The normalized spacial score (nSPS) is 11.9. The van der Waals surface area contributed by atoms with E-state index in [9.17, 15) is 14.5 Å². The average Bonchev–Trinajstić information content (AvgIpc) is 3.78. The fraction of sp³-hybridized carbons (Fsp3) is 0.371. The molecule has 5 rings (SSSR count). The van der Waals surface area contributed by atoms with Crippen LogP contribution in [0.25, 0.3) is 33.5 Å². The number of tetrazole rings is 1. The first kappa shape index (κ1) is 38.1. The molecule has 0 radical (unpaired) electrons. The second kappa shape index (κ2) is 17.9. The van der Waals surface area contributed by atoms with Crippen LogP contribution in [0.15, 0.2) is 66.7 Å². The number of H-pyrrole nitrogens is 1. The fourth-order valence-corrected chi connectivity index (χ4v) is 5.12.